The van der Waals surface area contributed by atoms with Gasteiger partial charge < -0.3 is 14.6 Å². The van der Waals surface area contributed by atoms with Crippen LogP contribution in [0.4, 0.5) is 5.69 Å². The highest BCUT2D eigenvalue weighted by molar-refractivity contribution is 5.78. The molecule has 0 bridgehead atoms. The van der Waals surface area contributed by atoms with Crippen LogP contribution in [0.25, 0.3) is 22.8 Å². The highest BCUT2D eigenvalue weighted by Crippen LogP contribution is 2.26. The van der Waals surface area contributed by atoms with E-state index in [2.05, 4.69) is 4.98 Å². The van der Waals surface area contributed by atoms with Crippen LogP contribution in [0, 0.1) is 6.92 Å². The standard InChI is InChI=1S/C12H10N2O2/c1-7-2-4-11(15-7)12-14-9-6-8(13)3-5-10(9)16-12/h2-6H,13H2,1H3. The van der Waals surface area contributed by atoms with E-state index in [1.165, 1.54) is 0 Å². The van der Waals surface area contributed by atoms with Gasteiger partial charge >= 0.3 is 0 Å². The summed E-state index contributed by atoms with van der Waals surface area (Å²) in [5.41, 5.74) is 7.79. The first-order valence-corrected chi connectivity index (χ1v) is 4.95. The minimum absolute atomic E-state index is 0.480. The Balaban J connectivity index is 2.18. The van der Waals surface area contributed by atoms with Crippen molar-refractivity contribution in [2.45, 2.75) is 6.92 Å². The molecule has 0 spiro atoms. The number of aryl methyl sites for hydroxylation is 1. The Morgan fingerprint density at radius 3 is 2.75 bits per heavy atom. The van der Waals surface area contributed by atoms with Gasteiger partial charge in [0.2, 0.25) is 0 Å². The lowest BCUT2D eigenvalue weighted by atomic mass is 10.3. The van der Waals surface area contributed by atoms with Gasteiger partial charge in [0.25, 0.3) is 5.89 Å². The molecular weight excluding hydrogens is 204 g/mol. The second-order valence-corrected chi connectivity index (χ2v) is 3.66. The summed E-state index contributed by atoms with van der Waals surface area (Å²) in [5.74, 6) is 1.94. The Morgan fingerprint density at radius 1 is 1.12 bits per heavy atom. The van der Waals surface area contributed by atoms with Crippen LogP contribution in [0.1, 0.15) is 5.76 Å². The molecule has 0 fully saturated rings. The van der Waals surface area contributed by atoms with Gasteiger partial charge in [-0.1, -0.05) is 0 Å². The van der Waals surface area contributed by atoms with Gasteiger partial charge in [-0.3, -0.25) is 0 Å². The Bertz CT molecular complexity index is 652. The molecule has 0 saturated carbocycles. The summed E-state index contributed by atoms with van der Waals surface area (Å²) in [4.78, 5) is 4.32. The Morgan fingerprint density at radius 2 is 2.00 bits per heavy atom. The van der Waals surface area contributed by atoms with E-state index in [1.807, 2.05) is 19.1 Å². The number of nitrogens with zero attached hydrogens (tertiary/aromatic N) is 1. The average molecular weight is 214 g/mol. The van der Waals surface area contributed by atoms with Crippen molar-refractivity contribution < 1.29 is 8.83 Å². The van der Waals surface area contributed by atoms with Crippen molar-refractivity contribution >= 4 is 16.8 Å². The molecule has 0 unspecified atom stereocenters. The third-order valence-electron chi connectivity index (χ3n) is 2.36. The van der Waals surface area contributed by atoms with E-state index >= 15 is 0 Å². The monoisotopic (exact) mass is 214 g/mol. The molecule has 1 aromatic carbocycles. The Hall–Kier alpha value is -2.23. The van der Waals surface area contributed by atoms with Gasteiger partial charge in [0.1, 0.15) is 11.3 Å². The first-order chi connectivity index (χ1) is 7.72. The van der Waals surface area contributed by atoms with Crippen LogP contribution in [-0.4, -0.2) is 4.98 Å². The third-order valence-corrected chi connectivity index (χ3v) is 2.36. The Kier molecular flexibility index (Phi) is 1.77. The zero-order valence-electron chi connectivity index (χ0n) is 8.73. The summed E-state index contributed by atoms with van der Waals surface area (Å²) >= 11 is 0. The van der Waals surface area contributed by atoms with Crippen molar-refractivity contribution in [3.63, 3.8) is 0 Å². The van der Waals surface area contributed by atoms with Gasteiger partial charge in [0, 0.05) is 5.69 Å². The van der Waals surface area contributed by atoms with E-state index in [0.717, 1.165) is 11.3 Å². The molecule has 4 nitrogen and oxygen atoms in total. The van der Waals surface area contributed by atoms with Crippen molar-refractivity contribution in [1.29, 1.82) is 0 Å². The average Bonchev–Trinajstić information content (AvgIpc) is 2.83. The molecule has 0 amide bonds. The van der Waals surface area contributed by atoms with Crippen LogP contribution < -0.4 is 5.73 Å². The van der Waals surface area contributed by atoms with Crippen LogP contribution >= 0.6 is 0 Å². The van der Waals surface area contributed by atoms with E-state index in [1.54, 1.807) is 18.2 Å². The van der Waals surface area contributed by atoms with E-state index in [0.29, 0.717) is 22.9 Å². The maximum Gasteiger partial charge on any atom is 0.263 e. The van der Waals surface area contributed by atoms with E-state index in [4.69, 9.17) is 14.6 Å². The lowest BCUT2D eigenvalue weighted by Gasteiger charge is -1.88. The van der Waals surface area contributed by atoms with Gasteiger partial charge in [-0.15, -0.1) is 0 Å². The number of nitrogen functional groups attached to an aromatic ring is 1. The molecule has 2 N–H and O–H groups in total. The predicted molar refractivity (Wildman–Crippen MR) is 60.9 cm³/mol. The number of oxazole rings is 1. The molecular formula is C12H10N2O2. The van der Waals surface area contributed by atoms with Gasteiger partial charge in [0.15, 0.2) is 11.3 Å². The molecule has 80 valence electrons. The SMILES string of the molecule is Cc1ccc(-c2nc3cc(N)ccc3o2)o1. The predicted octanol–water partition coefficient (Wildman–Crippen LogP) is 2.98. The fourth-order valence-electron chi connectivity index (χ4n) is 1.60. The summed E-state index contributed by atoms with van der Waals surface area (Å²) in [7, 11) is 0. The first kappa shape index (κ1) is 9.03. The second-order valence-electron chi connectivity index (χ2n) is 3.66. The summed E-state index contributed by atoms with van der Waals surface area (Å²) in [5, 5.41) is 0. The number of fused-ring (bicyclic) bond motifs is 1. The molecule has 2 heterocycles. The molecule has 0 saturated heterocycles. The van der Waals surface area contributed by atoms with Crippen molar-refractivity contribution in [2.75, 3.05) is 5.73 Å². The molecule has 0 aliphatic carbocycles. The lowest BCUT2D eigenvalue weighted by molar-refractivity contribution is 0.513. The van der Waals surface area contributed by atoms with Gasteiger partial charge in [-0.05, 0) is 37.3 Å². The lowest BCUT2D eigenvalue weighted by Crippen LogP contribution is -1.82. The summed E-state index contributed by atoms with van der Waals surface area (Å²) < 4.78 is 11.0. The maximum atomic E-state index is 5.67. The topological polar surface area (TPSA) is 65.2 Å². The van der Waals surface area contributed by atoms with Crippen molar-refractivity contribution in [2.24, 2.45) is 0 Å². The molecule has 2 aromatic heterocycles. The Labute approximate surface area is 91.7 Å². The molecule has 3 aromatic rings. The molecule has 0 radical (unpaired) electrons. The number of benzene rings is 1. The molecule has 0 atom stereocenters. The van der Waals surface area contributed by atoms with Crippen molar-refractivity contribution in [3.8, 4) is 11.7 Å². The van der Waals surface area contributed by atoms with Crippen LogP contribution in [-0.2, 0) is 0 Å². The summed E-state index contributed by atoms with van der Waals surface area (Å²) in [6.45, 7) is 1.88. The van der Waals surface area contributed by atoms with Gasteiger partial charge in [0.05, 0.1) is 0 Å². The molecule has 0 aliphatic rings. The van der Waals surface area contributed by atoms with Gasteiger partial charge in [-0.25, -0.2) is 4.98 Å². The van der Waals surface area contributed by atoms with E-state index < -0.39 is 0 Å². The van der Waals surface area contributed by atoms with Crippen LogP contribution in [0.2, 0.25) is 0 Å². The number of rotatable bonds is 1. The minimum Gasteiger partial charge on any atom is -0.456 e. The van der Waals surface area contributed by atoms with Crippen molar-refractivity contribution in [3.05, 3.63) is 36.1 Å². The number of aromatic nitrogens is 1. The minimum atomic E-state index is 0.480. The van der Waals surface area contributed by atoms with Crippen LogP contribution in [0.5, 0.6) is 0 Å². The first-order valence-electron chi connectivity index (χ1n) is 4.95. The molecule has 4 heteroatoms. The summed E-state index contributed by atoms with van der Waals surface area (Å²) in [6.07, 6.45) is 0. The number of anilines is 1. The van der Waals surface area contributed by atoms with Crippen LogP contribution in [0.15, 0.2) is 39.2 Å². The molecule has 0 aliphatic heterocycles. The second kappa shape index (κ2) is 3.13. The fraction of sp³-hybridized carbons (Fsp3) is 0.0833. The smallest absolute Gasteiger partial charge is 0.263 e. The number of furan rings is 1. The molecule has 3 rings (SSSR count). The number of hydrogen-bond acceptors (Lipinski definition) is 4. The zero-order chi connectivity index (χ0) is 11.1. The largest absolute Gasteiger partial charge is 0.456 e. The van der Waals surface area contributed by atoms with Gasteiger partial charge in [-0.2, -0.15) is 0 Å². The maximum absolute atomic E-state index is 5.67. The fourth-order valence-corrected chi connectivity index (χ4v) is 1.60. The highest BCUT2D eigenvalue weighted by Gasteiger charge is 2.11. The molecule has 16 heavy (non-hydrogen) atoms. The summed E-state index contributed by atoms with van der Waals surface area (Å²) in [6, 6.07) is 9.07. The van der Waals surface area contributed by atoms with Crippen LogP contribution in [0.3, 0.4) is 0 Å². The normalized spacial score (nSPS) is 11.1. The number of nitrogens with two attached hydrogens (primary N) is 1. The highest BCUT2D eigenvalue weighted by atomic mass is 16.4. The quantitative estimate of drug-likeness (QED) is 0.632. The van der Waals surface area contributed by atoms with E-state index in [-0.39, 0.29) is 0 Å². The number of hydrogen-bond donors (Lipinski definition) is 1. The zero-order valence-corrected chi connectivity index (χ0v) is 8.73. The third kappa shape index (κ3) is 1.35. The van der Waals surface area contributed by atoms with Crippen molar-refractivity contribution in [1.82, 2.24) is 4.98 Å². The van der Waals surface area contributed by atoms with E-state index in [9.17, 15) is 0 Å².